The number of carbonyl (C=O) groups is 1. The van der Waals surface area contributed by atoms with Gasteiger partial charge in [-0.3, -0.25) is 9.69 Å². The first-order valence-corrected chi connectivity index (χ1v) is 9.92. The van der Waals surface area contributed by atoms with E-state index in [4.69, 9.17) is 4.52 Å². The minimum atomic E-state index is 0.241. The number of hydrogen-bond donors (Lipinski definition) is 0. The maximum Gasteiger partial charge on any atom is 0.223 e. The molecular weight excluding hydrogens is 354 g/mol. The van der Waals surface area contributed by atoms with Crippen LogP contribution in [0.4, 0.5) is 0 Å². The molecule has 1 amide bonds. The summed E-state index contributed by atoms with van der Waals surface area (Å²) in [5.74, 6) is 1.55. The molecular formula is C21H27N5O2. The van der Waals surface area contributed by atoms with Crippen molar-refractivity contribution in [1.82, 2.24) is 24.5 Å². The summed E-state index contributed by atoms with van der Waals surface area (Å²) in [7, 11) is 2.06. The molecule has 0 unspecified atom stereocenters. The molecule has 1 fully saturated rings. The lowest BCUT2D eigenvalue weighted by Crippen LogP contribution is -2.35. The molecule has 28 heavy (non-hydrogen) atoms. The summed E-state index contributed by atoms with van der Waals surface area (Å²) in [4.78, 5) is 21.4. The average Bonchev–Trinajstić information content (AvgIpc) is 3.15. The number of amides is 1. The molecule has 1 aromatic carbocycles. The van der Waals surface area contributed by atoms with Crippen LogP contribution in [-0.2, 0) is 24.8 Å². The summed E-state index contributed by atoms with van der Waals surface area (Å²) >= 11 is 0. The van der Waals surface area contributed by atoms with Crippen LogP contribution in [0.2, 0.25) is 0 Å². The topological polar surface area (TPSA) is 67.4 Å². The lowest BCUT2D eigenvalue weighted by Gasteiger charge is -2.21. The van der Waals surface area contributed by atoms with E-state index >= 15 is 0 Å². The van der Waals surface area contributed by atoms with Gasteiger partial charge >= 0.3 is 0 Å². The minimum Gasteiger partial charge on any atom is -0.350 e. The molecule has 0 N–H and O–H groups in total. The Kier molecular flexibility index (Phi) is 5.43. The fourth-order valence-electron chi connectivity index (χ4n) is 4.01. The van der Waals surface area contributed by atoms with Gasteiger partial charge in [0, 0.05) is 63.7 Å². The smallest absolute Gasteiger partial charge is 0.223 e. The number of carbonyl (C=O) groups excluding carboxylic acids is 1. The van der Waals surface area contributed by atoms with Gasteiger partial charge in [0.1, 0.15) is 0 Å². The van der Waals surface area contributed by atoms with Crippen LogP contribution in [0.1, 0.15) is 30.1 Å². The van der Waals surface area contributed by atoms with Crippen molar-refractivity contribution in [3.63, 3.8) is 0 Å². The van der Waals surface area contributed by atoms with Crippen molar-refractivity contribution in [3.05, 3.63) is 47.7 Å². The van der Waals surface area contributed by atoms with Gasteiger partial charge in [-0.15, -0.1) is 0 Å². The zero-order valence-electron chi connectivity index (χ0n) is 16.6. The SMILES string of the molecule is Cc1nc(CN2CCCN(C(=O)CCc3cn(C)c4ccccc34)CC2)no1. The molecule has 0 atom stereocenters. The van der Waals surface area contributed by atoms with Gasteiger partial charge in [-0.2, -0.15) is 4.98 Å². The van der Waals surface area contributed by atoms with E-state index in [-0.39, 0.29) is 5.91 Å². The third-order valence-corrected chi connectivity index (χ3v) is 5.46. The molecule has 3 heterocycles. The zero-order chi connectivity index (χ0) is 19.5. The van der Waals surface area contributed by atoms with Crippen molar-refractivity contribution in [2.45, 2.75) is 32.7 Å². The van der Waals surface area contributed by atoms with Crippen molar-refractivity contribution in [2.24, 2.45) is 7.05 Å². The van der Waals surface area contributed by atoms with Gasteiger partial charge in [0.05, 0.1) is 6.54 Å². The Balaban J connectivity index is 1.32. The third-order valence-electron chi connectivity index (χ3n) is 5.46. The lowest BCUT2D eigenvalue weighted by molar-refractivity contribution is -0.131. The third kappa shape index (κ3) is 4.09. The number of para-hydroxylation sites is 1. The molecule has 4 rings (SSSR count). The zero-order valence-corrected chi connectivity index (χ0v) is 16.6. The molecule has 0 aliphatic carbocycles. The van der Waals surface area contributed by atoms with Crippen LogP contribution in [0.15, 0.2) is 35.0 Å². The fourth-order valence-corrected chi connectivity index (χ4v) is 4.01. The molecule has 3 aromatic rings. The quantitative estimate of drug-likeness (QED) is 0.679. The Labute approximate surface area is 164 Å². The highest BCUT2D eigenvalue weighted by Crippen LogP contribution is 2.22. The van der Waals surface area contributed by atoms with Crippen LogP contribution in [-0.4, -0.2) is 56.6 Å². The largest absolute Gasteiger partial charge is 0.350 e. The highest BCUT2D eigenvalue weighted by atomic mass is 16.5. The average molecular weight is 381 g/mol. The summed E-state index contributed by atoms with van der Waals surface area (Å²) in [6, 6.07) is 8.37. The predicted octanol–water partition coefficient (Wildman–Crippen LogP) is 2.54. The van der Waals surface area contributed by atoms with Crippen LogP contribution in [0.5, 0.6) is 0 Å². The second-order valence-electron chi connectivity index (χ2n) is 7.52. The van der Waals surface area contributed by atoms with E-state index in [1.807, 2.05) is 4.90 Å². The van der Waals surface area contributed by atoms with Crippen LogP contribution in [0.3, 0.4) is 0 Å². The maximum atomic E-state index is 12.8. The Morgan fingerprint density at radius 2 is 2.04 bits per heavy atom. The Hall–Kier alpha value is -2.67. The first-order valence-electron chi connectivity index (χ1n) is 9.92. The monoisotopic (exact) mass is 381 g/mol. The summed E-state index contributed by atoms with van der Waals surface area (Å²) in [5, 5.41) is 5.22. The molecule has 0 saturated carbocycles. The number of benzene rings is 1. The standard InChI is InChI=1S/C21H27N5O2/c1-16-22-20(23-28-16)15-25-10-5-11-26(13-12-25)21(27)9-8-17-14-24(2)19-7-4-3-6-18(17)19/h3-4,6-7,14H,5,8-13,15H2,1-2H3. The second kappa shape index (κ2) is 8.14. The number of aryl methyl sites for hydroxylation is 3. The molecule has 1 saturated heterocycles. The van der Waals surface area contributed by atoms with Crippen LogP contribution in [0.25, 0.3) is 10.9 Å². The van der Waals surface area contributed by atoms with Gasteiger partial charge in [0.25, 0.3) is 0 Å². The van der Waals surface area contributed by atoms with E-state index in [1.165, 1.54) is 16.5 Å². The fraction of sp³-hybridized carbons (Fsp3) is 0.476. The normalized spacial score (nSPS) is 15.9. The van der Waals surface area contributed by atoms with Gasteiger partial charge < -0.3 is 14.0 Å². The Morgan fingerprint density at radius 3 is 2.86 bits per heavy atom. The predicted molar refractivity (Wildman–Crippen MR) is 107 cm³/mol. The van der Waals surface area contributed by atoms with E-state index in [9.17, 15) is 4.79 Å². The summed E-state index contributed by atoms with van der Waals surface area (Å²) in [6.45, 7) is 5.83. The van der Waals surface area contributed by atoms with Crippen molar-refractivity contribution in [2.75, 3.05) is 26.2 Å². The molecule has 0 radical (unpaired) electrons. The maximum absolute atomic E-state index is 12.8. The molecule has 0 bridgehead atoms. The van der Waals surface area contributed by atoms with E-state index in [0.29, 0.717) is 24.7 Å². The number of rotatable bonds is 5. The second-order valence-corrected chi connectivity index (χ2v) is 7.52. The van der Waals surface area contributed by atoms with E-state index in [2.05, 4.69) is 57.1 Å². The molecule has 2 aromatic heterocycles. The number of aromatic nitrogens is 3. The van der Waals surface area contributed by atoms with Crippen molar-refractivity contribution in [3.8, 4) is 0 Å². The number of hydrogen-bond acceptors (Lipinski definition) is 5. The van der Waals surface area contributed by atoms with Crippen molar-refractivity contribution < 1.29 is 9.32 Å². The molecule has 7 heteroatoms. The summed E-state index contributed by atoms with van der Waals surface area (Å²) < 4.78 is 7.19. The molecule has 0 spiro atoms. The van der Waals surface area contributed by atoms with Crippen molar-refractivity contribution >= 4 is 16.8 Å². The van der Waals surface area contributed by atoms with Crippen LogP contribution >= 0.6 is 0 Å². The highest BCUT2D eigenvalue weighted by molar-refractivity contribution is 5.85. The van der Waals surface area contributed by atoms with Gasteiger partial charge in [-0.1, -0.05) is 23.4 Å². The van der Waals surface area contributed by atoms with E-state index in [1.54, 1.807) is 6.92 Å². The Bertz CT molecular complexity index is 961. The molecule has 1 aliphatic heterocycles. The van der Waals surface area contributed by atoms with Crippen LogP contribution < -0.4 is 0 Å². The summed E-state index contributed by atoms with van der Waals surface area (Å²) in [6.07, 6.45) is 4.45. The lowest BCUT2D eigenvalue weighted by atomic mass is 10.1. The van der Waals surface area contributed by atoms with Gasteiger partial charge in [0.2, 0.25) is 11.8 Å². The van der Waals surface area contributed by atoms with Crippen molar-refractivity contribution in [1.29, 1.82) is 0 Å². The number of fused-ring (bicyclic) bond motifs is 1. The summed E-state index contributed by atoms with van der Waals surface area (Å²) in [5.41, 5.74) is 2.46. The van der Waals surface area contributed by atoms with Gasteiger partial charge in [-0.05, 0) is 24.5 Å². The first-order chi connectivity index (χ1) is 13.6. The molecule has 148 valence electrons. The molecule has 7 nitrogen and oxygen atoms in total. The highest BCUT2D eigenvalue weighted by Gasteiger charge is 2.20. The van der Waals surface area contributed by atoms with E-state index in [0.717, 1.165) is 39.0 Å². The Morgan fingerprint density at radius 1 is 1.18 bits per heavy atom. The van der Waals surface area contributed by atoms with Gasteiger partial charge in [0.15, 0.2) is 5.82 Å². The van der Waals surface area contributed by atoms with Gasteiger partial charge in [-0.25, -0.2) is 0 Å². The minimum absolute atomic E-state index is 0.241. The first kappa shape index (κ1) is 18.7. The number of nitrogens with zero attached hydrogens (tertiary/aromatic N) is 5. The van der Waals surface area contributed by atoms with Crippen LogP contribution in [0, 0.1) is 6.92 Å². The molecule has 1 aliphatic rings. The van der Waals surface area contributed by atoms with E-state index < -0.39 is 0 Å².